The van der Waals surface area contributed by atoms with E-state index < -0.39 is 144 Å². The number of hydrogen-bond acceptors (Lipinski definition) is 18. The molecule has 29 heteroatoms. The zero-order valence-electron chi connectivity index (χ0n) is 58.4. The van der Waals surface area contributed by atoms with Crippen LogP contribution in [0.5, 0.6) is 0 Å². The highest BCUT2D eigenvalue weighted by Gasteiger charge is 2.55. The summed E-state index contributed by atoms with van der Waals surface area (Å²) >= 11 is 0. The number of carbonyl (C=O) groups excluding carboxylic acids is 14. The first-order valence-electron chi connectivity index (χ1n) is 34.9. The summed E-state index contributed by atoms with van der Waals surface area (Å²) in [6.07, 6.45) is 11.5. The number of rotatable bonds is 32. The monoisotopic (exact) mass is 1400 g/mol. The molecule has 8 atom stereocenters. The predicted molar refractivity (Wildman–Crippen MR) is 363 cm³/mol. The maximum atomic E-state index is 14.4. The van der Waals surface area contributed by atoms with Crippen molar-refractivity contribution in [3.05, 3.63) is 83.9 Å². The third kappa shape index (κ3) is 23.8. The van der Waals surface area contributed by atoms with Gasteiger partial charge in [0, 0.05) is 13.0 Å². The summed E-state index contributed by atoms with van der Waals surface area (Å²) < 4.78 is 22.4. The molecule has 0 aromatic heterocycles. The second-order valence-corrected chi connectivity index (χ2v) is 26.8. The Balaban J connectivity index is 0.000000316. The average Bonchev–Trinajstić information content (AvgIpc) is 1.61. The molecule has 0 radical (unpaired) electrons. The Morgan fingerprint density at radius 1 is 0.560 bits per heavy atom. The van der Waals surface area contributed by atoms with Crippen LogP contribution >= 0.6 is 0 Å². The van der Waals surface area contributed by atoms with Crippen LogP contribution in [0.3, 0.4) is 0 Å². The predicted octanol–water partition coefficient (Wildman–Crippen LogP) is 3.48. The Morgan fingerprint density at radius 2 is 0.990 bits per heavy atom. The number of hydrogen-bond donors (Lipinski definition) is 9. The summed E-state index contributed by atoms with van der Waals surface area (Å²) in [5, 5.41) is 20.3. The van der Waals surface area contributed by atoms with Crippen molar-refractivity contribution in [3.63, 3.8) is 0 Å². The van der Waals surface area contributed by atoms with Gasteiger partial charge in [0.15, 0.2) is 11.6 Å². The molecule has 100 heavy (non-hydrogen) atoms. The van der Waals surface area contributed by atoms with E-state index in [9.17, 15) is 67.1 Å². The molecule has 2 saturated carbocycles. The standard InChI is InChI=1S/C36H52N6O10.C35H49N5O8/c1-4-11-25(30(44)33(47)38-19-27(43)40-28(31(37)45)23-12-7-5-8-13-23)39-32(46)26-18-36(51-16-17-52-36)21-42(26)34(48)29(24-14-9-6-10-15-24)41-35(49)50-20-22(2)3;1-5-13-26(31(43)33(45)36-20-28(42)38-29(23(4)41)24-14-8-6-9-15-24)37-32(44)27-18-12-19-40(27)34(46)30(25-16-10-7-11-17-25)39-35(47)48-21-22(2)3/h5,7-8,12-13,22,24-26,28-29H,4,6,9-11,14-21H2,1-3H3,(H2,37,45)(H,38,47)(H,39,46)(H,40,43)(H,41,49);6,8-9,12,14-15,18,22,25-27,29-30H,5,7,10-11,13,16-17,19-21H2,1-4H3,(H,36,45)(H,37,44)(H,38,42)(H,39,47)/t25?,26-,28-,29-;26?,27-,29+,30-/m00/s1. The van der Waals surface area contributed by atoms with Gasteiger partial charge in [0.05, 0.1) is 58.1 Å². The summed E-state index contributed by atoms with van der Waals surface area (Å²) in [6, 6.07) is 8.31. The van der Waals surface area contributed by atoms with Crippen LogP contribution in [0, 0.1) is 23.7 Å². The number of amides is 11. The first kappa shape index (κ1) is 79.9. The fourth-order valence-corrected chi connectivity index (χ4v) is 12.8. The number of alkyl carbamates (subject to hydrolysis) is 2. The SMILES string of the molecule is CCCC(NC(=O)[C@@H]1C=CCN1C(=O)[C@@H](NC(=O)OCC(C)C)C1CCCCC1)C(=O)C(=O)NCC(=O)N[C@H](C(C)=O)c1ccccc1.CCCC(NC(=O)[C@@H]1CC2(CN1C(=O)[C@@H](NC(=O)OCC(C)C)C1CCCCC1)OCCO2)C(=O)C(=O)NCC(=O)N[C@H](C(N)=O)c1ccccc1. The van der Waals surface area contributed by atoms with E-state index >= 15 is 0 Å². The van der Waals surface area contributed by atoms with Gasteiger partial charge in [0.1, 0.15) is 36.3 Å². The van der Waals surface area contributed by atoms with Gasteiger partial charge in [0.2, 0.25) is 52.9 Å². The third-order valence-electron chi connectivity index (χ3n) is 17.9. The Kier molecular flexibility index (Phi) is 31.6. The number of benzene rings is 2. The number of nitrogens with two attached hydrogens (primary N) is 1. The molecule has 11 amide bonds. The van der Waals surface area contributed by atoms with Crippen LogP contribution in [-0.2, 0) is 76.5 Å². The van der Waals surface area contributed by atoms with Crippen molar-refractivity contribution < 1.29 is 86.1 Å². The summed E-state index contributed by atoms with van der Waals surface area (Å²) in [7, 11) is 0. The lowest BCUT2D eigenvalue weighted by Gasteiger charge is -2.34. The number of carbonyl (C=O) groups is 14. The van der Waals surface area contributed by atoms with E-state index in [1.165, 1.54) is 16.7 Å². The molecule has 2 unspecified atom stereocenters. The van der Waals surface area contributed by atoms with Gasteiger partial charge in [-0.1, -0.05) is 166 Å². The largest absolute Gasteiger partial charge is 0.449 e. The third-order valence-corrected chi connectivity index (χ3v) is 17.9. The molecule has 1 spiro atoms. The summed E-state index contributed by atoms with van der Waals surface area (Å²) in [6.45, 7) is 12.3. The molecule has 5 aliphatic rings. The van der Waals surface area contributed by atoms with Gasteiger partial charge in [-0.3, -0.25) is 57.5 Å². The number of nitrogens with one attached hydrogen (secondary N) is 8. The van der Waals surface area contributed by atoms with Crippen LogP contribution in [0.1, 0.15) is 168 Å². The van der Waals surface area contributed by atoms with Gasteiger partial charge >= 0.3 is 12.2 Å². The Morgan fingerprint density at radius 3 is 1.42 bits per heavy atom. The highest BCUT2D eigenvalue weighted by Crippen LogP contribution is 2.37. The van der Waals surface area contributed by atoms with Crippen molar-refractivity contribution in [2.75, 3.05) is 52.6 Å². The molecule has 2 saturated heterocycles. The molecule has 10 N–H and O–H groups in total. The van der Waals surface area contributed by atoms with Crippen LogP contribution in [0.4, 0.5) is 9.59 Å². The minimum absolute atomic E-state index is 0.0262. The zero-order chi connectivity index (χ0) is 73.1. The molecule has 2 aliphatic carbocycles. The average molecular weight is 1400 g/mol. The second-order valence-electron chi connectivity index (χ2n) is 26.8. The normalized spacial score (nSPS) is 19.1. The maximum Gasteiger partial charge on any atom is 0.407 e. The Bertz CT molecular complexity index is 3200. The van der Waals surface area contributed by atoms with Crippen molar-refractivity contribution in [2.24, 2.45) is 29.4 Å². The van der Waals surface area contributed by atoms with E-state index in [1.807, 2.05) is 27.7 Å². The van der Waals surface area contributed by atoms with Gasteiger partial charge in [-0.15, -0.1) is 0 Å². The highest BCUT2D eigenvalue weighted by atomic mass is 16.7. The zero-order valence-corrected chi connectivity index (χ0v) is 58.4. The second kappa shape index (κ2) is 39.6. The number of nitrogens with zero attached hydrogens (tertiary/aromatic N) is 2. The molecular weight excluding hydrogens is 1290 g/mol. The molecule has 7 rings (SSSR count). The van der Waals surface area contributed by atoms with Gasteiger partial charge in [-0.2, -0.15) is 0 Å². The lowest BCUT2D eigenvalue weighted by Crippen LogP contribution is -2.58. The number of ketones is 3. The van der Waals surface area contributed by atoms with Crippen LogP contribution in [-0.4, -0.2) is 187 Å². The summed E-state index contributed by atoms with van der Waals surface area (Å²) in [4.78, 5) is 185. The molecule has 4 fully saturated rings. The van der Waals surface area contributed by atoms with E-state index in [2.05, 4.69) is 42.5 Å². The number of Topliss-reactive ketones (excluding diaryl/α,β-unsaturated/α-hetero) is 3. The summed E-state index contributed by atoms with van der Waals surface area (Å²) in [5.74, 6) is -10.3. The molecular formula is C71H101N11O18. The molecule has 0 bridgehead atoms. The molecule has 3 aliphatic heterocycles. The maximum absolute atomic E-state index is 14.4. The van der Waals surface area contributed by atoms with Crippen LogP contribution in [0.2, 0.25) is 0 Å². The van der Waals surface area contributed by atoms with E-state index in [-0.39, 0.29) is 88.2 Å². The van der Waals surface area contributed by atoms with E-state index in [1.54, 1.807) is 86.7 Å². The summed E-state index contributed by atoms with van der Waals surface area (Å²) in [5.41, 5.74) is 6.47. The van der Waals surface area contributed by atoms with Gasteiger partial charge in [-0.05, 0) is 80.2 Å². The van der Waals surface area contributed by atoms with Gasteiger partial charge in [0.25, 0.3) is 11.8 Å². The molecule has 2 aromatic rings. The molecule has 3 heterocycles. The van der Waals surface area contributed by atoms with Crippen molar-refractivity contribution in [1.82, 2.24) is 52.3 Å². The highest BCUT2D eigenvalue weighted by molar-refractivity contribution is 6.39. The van der Waals surface area contributed by atoms with Gasteiger partial charge in [-0.25, -0.2) is 9.59 Å². The van der Waals surface area contributed by atoms with E-state index in [0.29, 0.717) is 36.8 Å². The van der Waals surface area contributed by atoms with Crippen molar-refractivity contribution >= 4 is 82.7 Å². The fraction of sp³-hybridized carbons (Fsp3) is 0.606. The number of ether oxygens (including phenoxy) is 4. The topological polar surface area (TPSA) is 405 Å². The van der Waals surface area contributed by atoms with Gasteiger partial charge < -0.3 is 77.0 Å². The lowest BCUT2D eigenvalue weighted by atomic mass is 9.83. The minimum Gasteiger partial charge on any atom is -0.449 e. The number of primary amides is 1. The van der Waals surface area contributed by atoms with Crippen molar-refractivity contribution in [2.45, 2.75) is 199 Å². The fourth-order valence-electron chi connectivity index (χ4n) is 12.8. The van der Waals surface area contributed by atoms with E-state index in [0.717, 1.165) is 51.4 Å². The van der Waals surface area contributed by atoms with Crippen LogP contribution < -0.4 is 48.3 Å². The lowest BCUT2D eigenvalue weighted by molar-refractivity contribution is -0.154. The number of likely N-dealkylation sites (tertiary alicyclic amines) is 1. The first-order chi connectivity index (χ1) is 47.8. The Labute approximate surface area is 583 Å². The molecule has 548 valence electrons. The minimum atomic E-state index is -1.28. The molecule has 2 aromatic carbocycles. The van der Waals surface area contributed by atoms with Crippen LogP contribution in [0.25, 0.3) is 0 Å². The van der Waals surface area contributed by atoms with Crippen molar-refractivity contribution in [3.8, 4) is 0 Å². The smallest absolute Gasteiger partial charge is 0.407 e. The van der Waals surface area contributed by atoms with Crippen molar-refractivity contribution in [1.29, 1.82) is 0 Å². The first-order valence-corrected chi connectivity index (χ1v) is 34.9. The molecule has 29 nitrogen and oxygen atoms in total. The Hall–Kier alpha value is -9.12. The van der Waals surface area contributed by atoms with Crippen LogP contribution in [0.15, 0.2) is 72.8 Å². The van der Waals surface area contributed by atoms with E-state index in [4.69, 9.17) is 24.7 Å². The quantitative estimate of drug-likeness (QED) is 0.0374.